The van der Waals surface area contributed by atoms with Gasteiger partial charge in [0.05, 0.1) is 17.6 Å². The summed E-state index contributed by atoms with van der Waals surface area (Å²) in [6, 6.07) is 8.11. The molecular weight excluding hydrogens is 304 g/mol. The van der Waals surface area contributed by atoms with Crippen molar-refractivity contribution in [3.8, 4) is 0 Å². The molecule has 22 heavy (non-hydrogen) atoms. The maximum absolute atomic E-state index is 12.1. The van der Waals surface area contributed by atoms with Crippen LogP contribution in [0.5, 0.6) is 0 Å². The average Bonchev–Trinajstić information content (AvgIpc) is 3.00. The molecule has 0 aliphatic heterocycles. The molecule has 0 saturated heterocycles. The number of furan rings is 1. The number of anilines is 2. The van der Waals surface area contributed by atoms with Crippen LogP contribution in [0.2, 0.25) is 5.02 Å². The van der Waals surface area contributed by atoms with Crippen molar-refractivity contribution >= 4 is 34.8 Å². The Morgan fingerprint density at radius 3 is 2.64 bits per heavy atom. The molecular formula is C16H15ClN2O3. The number of carbonyl (C=O) groups is 2. The number of benzene rings is 1. The Morgan fingerprint density at radius 2 is 2.00 bits per heavy atom. The van der Waals surface area contributed by atoms with Crippen LogP contribution in [-0.2, 0) is 4.79 Å². The summed E-state index contributed by atoms with van der Waals surface area (Å²) in [6.45, 7) is 2.03. The average molecular weight is 319 g/mol. The van der Waals surface area contributed by atoms with Crippen LogP contribution in [0, 0.1) is 11.8 Å². The summed E-state index contributed by atoms with van der Waals surface area (Å²) in [7, 11) is 0. The maximum atomic E-state index is 12.1. The molecule has 1 aromatic heterocycles. The molecule has 0 spiro atoms. The topological polar surface area (TPSA) is 71.3 Å². The maximum Gasteiger partial charge on any atom is 0.291 e. The van der Waals surface area contributed by atoms with Crippen molar-refractivity contribution in [2.24, 2.45) is 11.8 Å². The molecule has 1 saturated carbocycles. The van der Waals surface area contributed by atoms with Gasteiger partial charge in [-0.25, -0.2) is 0 Å². The molecule has 0 bridgehead atoms. The van der Waals surface area contributed by atoms with E-state index >= 15 is 0 Å². The van der Waals surface area contributed by atoms with E-state index in [-0.39, 0.29) is 17.6 Å². The van der Waals surface area contributed by atoms with Crippen LogP contribution in [0.15, 0.2) is 41.0 Å². The van der Waals surface area contributed by atoms with E-state index < -0.39 is 5.91 Å². The standard InChI is InChI=1S/C16H15ClN2O3/c1-9-7-11(9)15(20)18-12-5-4-10(17)8-13(12)19-16(21)14-3-2-6-22-14/h2-6,8-9,11H,7H2,1H3,(H,18,20)(H,19,21)/t9-,11+/m0/s1. The Kier molecular flexibility index (Phi) is 3.90. The third-order valence-corrected chi connectivity index (χ3v) is 3.91. The summed E-state index contributed by atoms with van der Waals surface area (Å²) in [5.41, 5.74) is 0.962. The van der Waals surface area contributed by atoms with Gasteiger partial charge in [-0.2, -0.15) is 0 Å². The summed E-state index contributed by atoms with van der Waals surface area (Å²) >= 11 is 5.97. The first-order valence-electron chi connectivity index (χ1n) is 7.00. The zero-order valence-electron chi connectivity index (χ0n) is 11.9. The van der Waals surface area contributed by atoms with E-state index in [0.717, 1.165) is 6.42 Å². The zero-order chi connectivity index (χ0) is 15.7. The fraction of sp³-hybridized carbons (Fsp3) is 0.250. The SMILES string of the molecule is C[C@H]1C[C@H]1C(=O)Nc1ccc(Cl)cc1NC(=O)c1ccco1. The van der Waals surface area contributed by atoms with Crippen molar-refractivity contribution in [1.82, 2.24) is 0 Å². The summed E-state index contributed by atoms with van der Waals surface area (Å²) in [4.78, 5) is 24.1. The van der Waals surface area contributed by atoms with Crippen LogP contribution in [-0.4, -0.2) is 11.8 Å². The monoisotopic (exact) mass is 318 g/mol. The van der Waals surface area contributed by atoms with Crippen LogP contribution in [0.25, 0.3) is 0 Å². The normalized spacial score (nSPS) is 19.5. The Morgan fingerprint density at radius 1 is 1.23 bits per heavy atom. The van der Waals surface area contributed by atoms with Crippen molar-refractivity contribution < 1.29 is 14.0 Å². The molecule has 0 unspecified atom stereocenters. The molecule has 2 aromatic rings. The highest BCUT2D eigenvalue weighted by molar-refractivity contribution is 6.31. The molecule has 114 valence electrons. The number of hydrogen-bond donors (Lipinski definition) is 2. The minimum Gasteiger partial charge on any atom is -0.459 e. The van der Waals surface area contributed by atoms with Crippen molar-refractivity contribution in [2.75, 3.05) is 10.6 Å². The van der Waals surface area contributed by atoms with Crippen molar-refractivity contribution in [1.29, 1.82) is 0 Å². The molecule has 3 rings (SSSR count). The van der Waals surface area contributed by atoms with Gasteiger partial charge in [0.25, 0.3) is 5.91 Å². The van der Waals surface area contributed by atoms with Gasteiger partial charge < -0.3 is 15.1 Å². The Labute approximate surface area is 132 Å². The summed E-state index contributed by atoms with van der Waals surface area (Å²) < 4.78 is 5.05. The Balaban J connectivity index is 1.78. The number of halogens is 1. The predicted octanol–water partition coefficient (Wildman–Crippen LogP) is 3.78. The van der Waals surface area contributed by atoms with E-state index in [1.165, 1.54) is 6.26 Å². The molecule has 1 heterocycles. The van der Waals surface area contributed by atoms with Gasteiger partial charge in [-0.1, -0.05) is 18.5 Å². The molecule has 1 fully saturated rings. The number of nitrogens with one attached hydrogen (secondary N) is 2. The fourth-order valence-electron chi connectivity index (χ4n) is 2.23. The second-order valence-electron chi connectivity index (χ2n) is 5.43. The Hall–Kier alpha value is -2.27. The van der Waals surface area contributed by atoms with Gasteiger partial charge in [-0.15, -0.1) is 0 Å². The highest BCUT2D eigenvalue weighted by atomic mass is 35.5. The molecule has 1 aliphatic rings. The predicted molar refractivity (Wildman–Crippen MR) is 84.0 cm³/mol. The van der Waals surface area contributed by atoms with E-state index in [9.17, 15) is 9.59 Å². The lowest BCUT2D eigenvalue weighted by molar-refractivity contribution is -0.117. The number of hydrogen-bond acceptors (Lipinski definition) is 3. The first-order chi connectivity index (χ1) is 10.5. The summed E-state index contributed by atoms with van der Waals surface area (Å²) in [5.74, 6) is 0.205. The molecule has 2 atom stereocenters. The second-order valence-corrected chi connectivity index (χ2v) is 5.87. The molecule has 1 aliphatic carbocycles. The highest BCUT2D eigenvalue weighted by Crippen LogP contribution is 2.39. The van der Waals surface area contributed by atoms with Crippen LogP contribution in [0.3, 0.4) is 0 Å². The minimum atomic E-state index is -0.400. The van der Waals surface area contributed by atoms with Crippen LogP contribution in [0.4, 0.5) is 11.4 Å². The van der Waals surface area contributed by atoms with Crippen molar-refractivity contribution in [2.45, 2.75) is 13.3 Å². The van der Waals surface area contributed by atoms with Crippen LogP contribution >= 0.6 is 11.6 Å². The van der Waals surface area contributed by atoms with Crippen LogP contribution < -0.4 is 10.6 Å². The molecule has 1 aromatic carbocycles. The van der Waals surface area contributed by atoms with Gasteiger partial charge in [0.2, 0.25) is 5.91 Å². The van der Waals surface area contributed by atoms with Gasteiger partial charge in [0.15, 0.2) is 5.76 Å². The third-order valence-electron chi connectivity index (χ3n) is 3.68. The van der Waals surface area contributed by atoms with E-state index in [0.29, 0.717) is 22.3 Å². The minimum absolute atomic E-state index is 0.0386. The van der Waals surface area contributed by atoms with E-state index in [2.05, 4.69) is 10.6 Å². The third kappa shape index (κ3) is 3.14. The number of amides is 2. The fourth-order valence-corrected chi connectivity index (χ4v) is 2.41. The Bertz CT molecular complexity index is 712. The van der Waals surface area contributed by atoms with Gasteiger partial charge in [-0.3, -0.25) is 9.59 Å². The van der Waals surface area contributed by atoms with Crippen molar-refractivity contribution in [3.63, 3.8) is 0 Å². The van der Waals surface area contributed by atoms with Gasteiger partial charge >= 0.3 is 0 Å². The van der Waals surface area contributed by atoms with Gasteiger partial charge in [0.1, 0.15) is 0 Å². The van der Waals surface area contributed by atoms with E-state index in [1.807, 2.05) is 6.92 Å². The zero-order valence-corrected chi connectivity index (χ0v) is 12.7. The highest BCUT2D eigenvalue weighted by Gasteiger charge is 2.39. The molecule has 0 radical (unpaired) electrons. The number of rotatable bonds is 4. The lowest BCUT2D eigenvalue weighted by Gasteiger charge is -2.12. The second kappa shape index (κ2) is 5.85. The van der Waals surface area contributed by atoms with E-state index in [4.69, 9.17) is 16.0 Å². The quantitative estimate of drug-likeness (QED) is 0.901. The number of carbonyl (C=O) groups excluding carboxylic acids is 2. The van der Waals surface area contributed by atoms with Gasteiger partial charge in [-0.05, 0) is 42.7 Å². The first kappa shape index (κ1) is 14.7. The van der Waals surface area contributed by atoms with Crippen LogP contribution in [0.1, 0.15) is 23.9 Å². The lowest BCUT2D eigenvalue weighted by Crippen LogP contribution is -2.18. The largest absolute Gasteiger partial charge is 0.459 e. The van der Waals surface area contributed by atoms with Gasteiger partial charge in [0, 0.05) is 10.9 Å². The van der Waals surface area contributed by atoms with E-state index in [1.54, 1.807) is 30.3 Å². The molecule has 2 N–H and O–H groups in total. The summed E-state index contributed by atoms with van der Waals surface area (Å²) in [6.07, 6.45) is 2.32. The first-order valence-corrected chi connectivity index (χ1v) is 7.37. The lowest BCUT2D eigenvalue weighted by atomic mass is 10.2. The smallest absolute Gasteiger partial charge is 0.291 e. The molecule has 2 amide bonds. The molecule has 5 nitrogen and oxygen atoms in total. The summed E-state index contributed by atoms with van der Waals surface area (Å²) in [5, 5.41) is 6.00. The van der Waals surface area contributed by atoms with Crippen molar-refractivity contribution in [3.05, 3.63) is 47.4 Å². The molecule has 6 heteroatoms.